The SMILES string of the molecule is COc1cc(N2CCCC2)ccc1N/C(N)=C/C1=C(N)NCCN1Cc1c(Cl)ccc(F)c1Cl. The summed E-state index contributed by atoms with van der Waals surface area (Å²) in [5.74, 6) is 1.00. The number of methoxy groups -OCH3 is 1. The van der Waals surface area contributed by atoms with Gasteiger partial charge in [-0.15, -0.1) is 0 Å². The molecule has 4 rings (SSSR count). The van der Waals surface area contributed by atoms with Crippen LogP contribution in [0.1, 0.15) is 18.4 Å². The van der Waals surface area contributed by atoms with Gasteiger partial charge in [0, 0.05) is 61.1 Å². The highest BCUT2D eigenvalue weighted by molar-refractivity contribution is 6.36. The molecule has 0 aliphatic carbocycles. The number of hydrogen-bond donors (Lipinski definition) is 4. The fourth-order valence-electron chi connectivity index (χ4n) is 4.24. The maximum atomic E-state index is 14.0. The molecule has 182 valence electrons. The molecule has 6 N–H and O–H groups in total. The molecule has 0 spiro atoms. The summed E-state index contributed by atoms with van der Waals surface area (Å²) in [6.45, 7) is 3.61. The van der Waals surface area contributed by atoms with Crippen molar-refractivity contribution in [3.8, 4) is 5.75 Å². The highest BCUT2D eigenvalue weighted by atomic mass is 35.5. The van der Waals surface area contributed by atoms with Gasteiger partial charge in [0.15, 0.2) is 0 Å². The Kier molecular flexibility index (Phi) is 7.48. The number of rotatable bonds is 7. The Balaban J connectivity index is 1.56. The van der Waals surface area contributed by atoms with Gasteiger partial charge in [-0.25, -0.2) is 4.39 Å². The second-order valence-corrected chi connectivity index (χ2v) is 9.06. The predicted molar refractivity (Wildman–Crippen MR) is 136 cm³/mol. The van der Waals surface area contributed by atoms with E-state index in [2.05, 4.69) is 21.6 Å². The topological polar surface area (TPSA) is 91.8 Å². The molecule has 2 aliphatic rings. The standard InChI is InChI=1S/C24H29Cl2FN6O/c1-34-21-12-15(32-9-2-3-10-32)4-7-19(21)31-22(28)13-20-24(29)30-8-11-33(20)14-16-17(25)5-6-18(27)23(16)26/h4-7,12-13,30-31H,2-3,8-11,14,28-29H2,1H3/b22-13+. The Morgan fingerprint density at radius 3 is 2.71 bits per heavy atom. The molecular weight excluding hydrogens is 478 g/mol. The van der Waals surface area contributed by atoms with E-state index in [9.17, 15) is 4.39 Å². The van der Waals surface area contributed by atoms with Crippen molar-refractivity contribution < 1.29 is 9.13 Å². The van der Waals surface area contributed by atoms with Gasteiger partial charge in [-0.2, -0.15) is 0 Å². The summed E-state index contributed by atoms with van der Waals surface area (Å²) in [5.41, 5.74) is 15.6. The van der Waals surface area contributed by atoms with Crippen LogP contribution in [0.4, 0.5) is 15.8 Å². The van der Waals surface area contributed by atoms with E-state index in [0.717, 1.165) is 24.5 Å². The van der Waals surface area contributed by atoms with E-state index in [0.29, 0.717) is 46.8 Å². The van der Waals surface area contributed by atoms with Gasteiger partial charge in [-0.1, -0.05) is 23.2 Å². The van der Waals surface area contributed by atoms with Crippen LogP contribution in [-0.4, -0.2) is 38.2 Å². The van der Waals surface area contributed by atoms with Crippen LogP contribution in [0.25, 0.3) is 0 Å². The fraction of sp³-hybridized carbons (Fsp3) is 0.333. The molecule has 0 amide bonds. The van der Waals surface area contributed by atoms with Crippen molar-refractivity contribution in [2.75, 3.05) is 43.5 Å². The second kappa shape index (κ2) is 10.5. The molecule has 1 fully saturated rings. The van der Waals surface area contributed by atoms with Crippen molar-refractivity contribution in [2.45, 2.75) is 19.4 Å². The Morgan fingerprint density at radius 1 is 1.21 bits per heavy atom. The summed E-state index contributed by atoms with van der Waals surface area (Å²) in [6, 6.07) is 8.77. The second-order valence-electron chi connectivity index (χ2n) is 8.27. The van der Waals surface area contributed by atoms with Crippen LogP contribution in [0.3, 0.4) is 0 Å². The molecule has 0 bridgehead atoms. The molecule has 0 unspecified atom stereocenters. The summed E-state index contributed by atoms with van der Waals surface area (Å²) >= 11 is 12.5. The van der Waals surface area contributed by atoms with Crippen LogP contribution in [0.2, 0.25) is 10.0 Å². The van der Waals surface area contributed by atoms with Gasteiger partial charge in [0.05, 0.1) is 23.5 Å². The van der Waals surface area contributed by atoms with E-state index >= 15 is 0 Å². The lowest BCUT2D eigenvalue weighted by Gasteiger charge is -2.32. The summed E-state index contributed by atoms with van der Waals surface area (Å²) in [7, 11) is 1.63. The summed E-state index contributed by atoms with van der Waals surface area (Å²) in [6.07, 6.45) is 4.13. The third-order valence-electron chi connectivity index (χ3n) is 6.03. The van der Waals surface area contributed by atoms with Gasteiger partial charge in [0.2, 0.25) is 0 Å². The largest absolute Gasteiger partial charge is 0.494 e. The normalized spacial score (nSPS) is 16.6. The van der Waals surface area contributed by atoms with E-state index in [1.807, 2.05) is 17.0 Å². The number of allylic oxidation sites excluding steroid dienone is 1. The van der Waals surface area contributed by atoms with Crippen molar-refractivity contribution in [2.24, 2.45) is 11.5 Å². The van der Waals surface area contributed by atoms with Crippen molar-refractivity contribution in [3.05, 3.63) is 75.2 Å². The number of nitrogens with two attached hydrogens (primary N) is 2. The first kappa shape index (κ1) is 24.2. The minimum Gasteiger partial charge on any atom is -0.494 e. The number of halogens is 3. The Labute approximate surface area is 209 Å². The molecule has 2 aromatic carbocycles. The van der Waals surface area contributed by atoms with Gasteiger partial charge >= 0.3 is 0 Å². The smallest absolute Gasteiger partial charge is 0.144 e. The zero-order valence-electron chi connectivity index (χ0n) is 19.0. The van der Waals surface area contributed by atoms with Crippen molar-refractivity contribution >= 4 is 34.6 Å². The molecular formula is C24H29Cl2FN6O. The molecule has 34 heavy (non-hydrogen) atoms. The van der Waals surface area contributed by atoms with Crippen molar-refractivity contribution in [1.29, 1.82) is 0 Å². The molecule has 7 nitrogen and oxygen atoms in total. The van der Waals surface area contributed by atoms with Crippen LogP contribution in [0, 0.1) is 5.82 Å². The average Bonchev–Trinajstić information content (AvgIpc) is 3.36. The third kappa shape index (κ3) is 5.23. The lowest BCUT2D eigenvalue weighted by atomic mass is 10.1. The molecule has 1 saturated heterocycles. The van der Waals surface area contributed by atoms with E-state index in [1.54, 1.807) is 13.2 Å². The first-order valence-electron chi connectivity index (χ1n) is 11.2. The number of nitrogens with zero attached hydrogens (tertiary/aromatic N) is 2. The maximum Gasteiger partial charge on any atom is 0.144 e. The highest BCUT2D eigenvalue weighted by Gasteiger charge is 2.21. The summed E-state index contributed by atoms with van der Waals surface area (Å²) < 4.78 is 19.6. The molecule has 0 saturated carbocycles. The molecule has 0 atom stereocenters. The first-order chi connectivity index (χ1) is 16.4. The van der Waals surface area contributed by atoms with Crippen molar-refractivity contribution in [1.82, 2.24) is 10.2 Å². The van der Waals surface area contributed by atoms with Crippen molar-refractivity contribution in [3.63, 3.8) is 0 Å². The van der Waals surface area contributed by atoms with Crippen LogP contribution in [0.15, 0.2) is 53.7 Å². The number of hydrogen-bond acceptors (Lipinski definition) is 7. The number of nitrogens with one attached hydrogen (secondary N) is 2. The molecule has 0 radical (unpaired) electrons. The van der Waals surface area contributed by atoms with E-state index < -0.39 is 5.82 Å². The number of ether oxygens (including phenoxy) is 1. The molecule has 2 aromatic rings. The van der Waals surface area contributed by atoms with Gasteiger partial charge in [0.1, 0.15) is 23.2 Å². The summed E-state index contributed by atoms with van der Waals surface area (Å²) in [5, 5.41) is 6.73. The van der Waals surface area contributed by atoms with Gasteiger partial charge in [0.25, 0.3) is 0 Å². The van der Waals surface area contributed by atoms with Gasteiger partial charge in [-0.3, -0.25) is 0 Å². The van der Waals surface area contributed by atoms with Crippen LogP contribution in [-0.2, 0) is 6.54 Å². The maximum absolute atomic E-state index is 14.0. The minimum absolute atomic E-state index is 0.00172. The van der Waals surface area contributed by atoms with E-state index in [4.69, 9.17) is 39.4 Å². The first-order valence-corrected chi connectivity index (χ1v) is 11.9. The molecule has 2 aliphatic heterocycles. The van der Waals surface area contributed by atoms with Gasteiger partial charge in [-0.05, 0) is 37.1 Å². The van der Waals surface area contributed by atoms with Crippen LogP contribution >= 0.6 is 23.2 Å². The monoisotopic (exact) mass is 506 g/mol. The zero-order chi connectivity index (χ0) is 24.2. The number of benzene rings is 2. The average molecular weight is 507 g/mol. The third-order valence-corrected chi connectivity index (χ3v) is 6.79. The van der Waals surface area contributed by atoms with Crippen LogP contribution < -0.4 is 31.7 Å². The molecule has 2 heterocycles. The minimum atomic E-state index is -0.518. The van der Waals surface area contributed by atoms with Gasteiger partial charge < -0.3 is 36.6 Å². The van der Waals surface area contributed by atoms with E-state index in [1.165, 1.54) is 25.0 Å². The fourth-order valence-corrected chi connectivity index (χ4v) is 4.73. The lowest BCUT2D eigenvalue weighted by Crippen LogP contribution is -2.41. The quantitative estimate of drug-likeness (QED) is 0.418. The predicted octanol–water partition coefficient (Wildman–Crippen LogP) is 4.19. The zero-order valence-corrected chi connectivity index (χ0v) is 20.5. The van der Waals surface area contributed by atoms with E-state index in [-0.39, 0.29) is 11.6 Å². The number of anilines is 2. The Morgan fingerprint density at radius 2 is 1.97 bits per heavy atom. The Hall–Kier alpha value is -2.97. The highest BCUT2D eigenvalue weighted by Crippen LogP contribution is 2.33. The Bertz CT molecular complexity index is 1120. The lowest BCUT2D eigenvalue weighted by molar-refractivity contribution is 0.320. The molecule has 10 heteroatoms. The van der Waals surface area contributed by atoms with Crippen LogP contribution in [0.5, 0.6) is 5.75 Å². The molecule has 0 aromatic heterocycles. The summed E-state index contributed by atoms with van der Waals surface area (Å²) in [4.78, 5) is 4.30.